The Bertz CT molecular complexity index is 589. The average molecular weight is 273 g/mol. The van der Waals surface area contributed by atoms with Gasteiger partial charge in [0.15, 0.2) is 5.78 Å². The molecule has 5 heteroatoms. The Balaban J connectivity index is 2.09. The number of benzene rings is 1. The summed E-state index contributed by atoms with van der Waals surface area (Å²) < 4.78 is 4.90. The van der Waals surface area contributed by atoms with Gasteiger partial charge in [0.25, 0.3) is 0 Å². The number of carbonyl (C=O) groups excluding carboxylic acids is 3. The number of hydrogen-bond acceptors (Lipinski definition) is 4. The van der Waals surface area contributed by atoms with Crippen molar-refractivity contribution in [1.29, 1.82) is 0 Å². The van der Waals surface area contributed by atoms with Crippen molar-refractivity contribution in [1.82, 2.24) is 5.32 Å². The summed E-state index contributed by atoms with van der Waals surface area (Å²) >= 11 is 0. The first-order chi connectivity index (χ1) is 9.63. The lowest BCUT2D eigenvalue weighted by molar-refractivity contribution is 0.0972. The first kappa shape index (κ1) is 14.0. The van der Waals surface area contributed by atoms with Crippen LogP contribution in [0.3, 0.4) is 0 Å². The fraction of sp³-hybridized carbons (Fsp3) is 0.267. The normalized spacial score (nSPS) is 13.6. The lowest BCUT2D eigenvalue weighted by Gasteiger charge is -2.15. The van der Waals surface area contributed by atoms with E-state index in [2.05, 4.69) is 5.32 Å². The molecule has 0 saturated carbocycles. The number of rotatable bonds is 4. The van der Waals surface area contributed by atoms with E-state index in [1.807, 2.05) is 6.92 Å². The summed E-state index contributed by atoms with van der Waals surface area (Å²) in [6.07, 6.45) is 2.07. The van der Waals surface area contributed by atoms with Gasteiger partial charge in [-0.05, 0) is 6.42 Å². The Hall–Kier alpha value is -2.43. The van der Waals surface area contributed by atoms with Gasteiger partial charge in [0, 0.05) is 17.2 Å². The second kappa shape index (κ2) is 6.14. The van der Waals surface area contributed by atoms with Gasteiger partial charge in [-0.15, -0.1) is 0 Å². The smallest absolute Gasteiger partial charge is 0.411 e. The van der Waals surface area contributed by atoms with Gasteiger partial charge >= 0.3 is 6.09 Å². The molecule has 0 bridgehead atoms. The summed E-state index contributed by atoms with van der Waals surface area (Å²) in [5.41, 5.74) is 0.599. The highest BCUT2D eigenvalue weighted by atomic mass is 16.5. The van der Waals surface area contributed by atoms with Gasteiger partial charge in [-0.3, -0.25) is 14.9 Å². The molecule has 20 heavy (non-hydrogen) atoms. The first-order valence-electron chi connectivity index (χ1n) is 6.47. The Morgan fingerprint density at radius 2 is 1.90 bits per heavy atom. The third-order valence-electron chi connectivity index (χ3n) is 2.92. The standard InChI is InChI=1S/C15H15NO4/c1-2-3-8-20-15(19)16-12-9-13(17)10-6-4-5-7-11(10)14(12)18/h4-7,9H,2-3,8H2,1H3,(H,16,19). The highest BCUT2D eigenvalue weighted by Crippen LogP contribution is 2.19. The third kappa shape index (κ3) is 2.93. The van der Waals surface area contributed by atoms with Gasteiger partial charge in [-0.1, -0.05) is 37.6 Å². The molecule has 2 rings (SSSR count). The van der Waals surface area contributed by atoms with E-state index in [4.69, 9.17) is 4.74 Å². The van der Waals surface area contributed by atoms with E-state index >= 15 is 0 Å². The van der Waals surface area contributed by atoms with E-state index in [1.54, 1.807) is 24.3 Å². The summed E-state index contributed by atoms with van der Waals surface area (Å²) in [5.74, 6) is -0.684. The molecular formula is C15H15NO4. The van der Waals surface area contributed by atoms with E-state index in [1.165, 1.54) is 0 Å². The van der Waals surface area contributed by atoms with Gasteiger partial charge in [-0.25, -0.2) is 4.79 Å². The zero-order valence-electron chi connectivity index (χ0n) is 11.1. The van der Waals surface area contributed by atoms with Crippen LogP contribution in [0.4, 0.5) is 4.79 Å². The molecule has 0 radical (unpaired) electrons. The number of Topliss-reactive ketones (excluding diaryl/α,β-unsaturated/α-hetero) is 1. The number of hydrogen-bond donors (Lipinski definition) is 1. The molecule has 0 atom stereocenters. The minimum atomic E-state index is -0.717. The van der Waals surface area contributed by atoms with E-state index in [-0.39, 0.29) is 23.9 Å². The van der Waals surface area contributed by atoms with Gasteiger partial charge in [0.2, 0.25) is 5.78 Å². The van der Waals surface area contributed by atoms with Crippen molar-refractivity contribution in [3.63, 3.8) is 0 Å². The van der Waals surface area contributed by atoms with E-state index in [0.717, 1.165) is 18.9 Å². The Morgan fingerprint density at radius 3 is 2.60 bits per heavy atom. The van der Waals surface area contributed by atoms with Crippen LogP contribution in [0.25, 0.3) is 0 Å². The van der Waals surface area contributed by atoms with Gasteiger partial charge < -0.3 is 4.74 Å². The van der Waals surface area contributed by atoms with Gasteiger partial charge in [0.1, 0.15) is 0 Å². The maximum absolute atomic E-state index is 12.1. The van der Waals surface area contributed by atoms with Crippen LogP contribution in [0.15, 0.2) is 36.0 Å². The van der Waals surface area contributed by atoms with Crippen molar-refractivity contribution in [2.45, 2.75) is 19.8 Å². The summed E-state index contributed by atoms with van der Waals surface area (Å²) in [4.78, 5) is 35.5. The molecule has 0 spiro atoms. The number of unbranched alkanes of at least 4 members (excludes halogenated alkanes) is 1. The molecule has 1 amide bonds. The fourth-order valence-electron chi connectivity index (χ4n) is 1.86. The number of alkyl carbamates (subject to hydrolysis) is 1. The molecule has 0 heterocycles. The van der Waals surface area contributed by atoms with Crippen molar-refractivity contribution in [2.75, 3.05) is 6.61 Å². The molecule has 5 nitrogen and oxygen atoms in total. The van der Waals surface area contributed by atoms with Gasteiger partial charge in [0.05, 0.1) is 12.3 Å². The van der Waals surface area contributed by atoms with Crippen LogP contribution in [0.2, 0.25) is 0 Å². The van der Waals surface area contributed by atoms with E-state index in [9.17, 15) is 14.4 Å². The average Bonchev–Trinajstić information content (AvgIpc) is 2.45. The zero-order chi connectivity index (χ0) is 14.5. The molecule has 0 aliphatic heterocycles. The molecule has 1 aromatic rings. The maximum Gasteiger partial charge on any atom is 0.411 e. The molecule has 0 saturated heterocycles. The molecule has 0 fully saturated rings. The van der Waals surface area contributed by atoms with Gasteiger partial charge in [-0.2, -0.15) is 0 Å². The van der Waals surface area contributed by atoms with Crippen molar-refractivity contribution < 1.29 is 19.1 Å². The molecule has 0 unspecified atom stereocenters. The second-order valence-electron chi connectivity index (χ2n) is 4.41. The van der Waals surface area contributed by atoms with Crippen molar-refractivity contribution in [3.8, 4) is 0 Å². The molecule has 104 valence electrons. The lowest BCUT2D eigenvalue weighted by Crippen LogP contribution is -2.31. The van der Waals surface area contributed by atoms with E-state index < -0.39 is 6.09 Å². The topological polar surface area (TPSA) is 72.5 Å². The highest BCUT2D eigenvalue weighted by molar-refractivity contribution is 6.24. The molecular weight excluding hydrogens is 258 g/mol. The monoisotopic (exact) mass is 273 g/mol. The number of fused-ring (bicyclic) bond motifs is 1. The molecule has 1 aliphatic carbocycles. The summed E-state index contributed by atoms with van der Waals surface area (Å²) in [6, 6.07) is 6.51. The third-order valence-corrected chi connectivity index (χ3v) is 2.92. The number of nitrogens with one attached hydrogen (secondary N) is 1. The maximum atomic E-state index is 12.1. The summed E-state index contributed by atoms with van der Waals surface area (Å²) in [6.45, 7) is 2.26. The minimum Gasteiger partial charge on any atom is -0.449 e. The minimum absolute atomic E-state index is 0.0461. The van der Waals surface area contributed by atoms with E-state index in [0.29, 0.717) is 11.1 Å². The van der Waals surface area contributed by atoms with Crippen LogP contribution in [0, 0.1) is 0 Å². The zero-order valence-corrected chi connectivity index (χ0v) is 11.1. The Labute approximate surface area is 116 Å². The van der Waals surface area contributed by atoms with Crippen LogP contribution < -0.4 is 5.32 Å². The Morgan fingerprint density at radius 1 is 1.20 bits per heavy atom. The number of ketones is 2. The summed E-state index contributed by atoms with van der Waals surface area (Å²) in [5, 5.41) is 2.33. The number of allylic oxidation sites excluding steroid dienone is 2. The molecule has 0 aromatic heterocycles. The summed E-state index contributed by atoms with van der Waals surface area (Å²) in [7, 11) is 0. The van der Waals surface area contributed by atoms with Crippen molar-refractivity contribution >= 4 is 17.7 Å². The van der Waals surface area contributed by atoms with Crippen molar-refractivity contribution in [3.05, 3.63) is 47.2 Å². The SMILES string of the molecule is CCCCOC(=O)NC1=CC(=O)c2ccccc2C1=O. The predicted molar refractivity (Wildman–Crippen MR) is 72.6 cm³/mol. The number of carbonyl (C=O) groups is 3. The van der Waals surface area contributed by atoms with Crippen LogP contribution in [0.5, 0.6) is 0 Å². The molecule has 1 aromatic carbocycles. The first-order valence-corrected chi connectivity index (χ1v) is 6.47. The predicted octanol–water partition coefficient (Wildman–Crippen LogP) is 2.48. The number of amides is 1. The second-order valence-corrected chi connectivity index (χ2v) is 4.41. The largest absolute Gasteiger partial charge is 0.449 e. The Kier molecular flexibility index (Phi) is 4.30. The molecule has 1 aliphatic rings. The molecule has 1 N–H and O–H groups in total. The van der Waals surface area contributed by atoms with Crippen molar-refractivity contribution in [2.24, 2.45) is 0 Å². The van der Waals surface area contributed by atoms with Crippen LogP contribution >= 0.6 is 0 Å². The highest BCUT2D eigenvalue weighted by Gasteiger charge is 2.26. The fourth-order valence-corrected chi connectivity index (χ4v) is 1.86. The number of ether oxygens (including phenoxy) is 1. The quantitative estimate of drug-likeness (QED) is 0.855. The lowest BCUT2D eigenvalue weighted by atomic mass is 9.93. The van der Waals surface area contributed by atoms with Crippen LogP contribution in [-0.4, -0.2) is 24.3 Å². The van der Waals surface area contributed by atoms with Crippen LogP contribution in [0.1, 0.15) is 40.5 Å². The van der Waals surface area contributed by atoms with Crippen LogP contribution in [-0.2, 0) is 4.74 Å².